The van der Waals surface area contributed by atoms with Crippen LogP contribution < -0.4 is 0 Å². The number of rotatable bonds is 4. The van der Waals surface area contributed by atoms with Gasteiger partial charge in [0.2, 0.25) is 5.78 Å². The maximum Gasteiger partial charge on any atom is 0.372 e. The molecule has 0 aromatic heterocycles. The highest BCUT2D eigenvalue weighted by Crippen LogP contribution is 2.13. The van der Waals surface area contributed by atoms with Crippen molar-refractivity contribution in [3.63, 3.8) is 0 Å². The Bertz CT molecular complexity index is 670. The molecule has 6 nitrogen and oxygen atoms in total. The number of hydrogen-bond acceptors (Lipinski definition) is 4. The van der Waals surface area contributed by atoms with Crippen molar-refractivity contribution in [2.24, 2.45) is 5.92 Å². The summed E-state index contributed by atoms with van der Waals surface area (Å²) in [5.41, 5.74) is 1.23. The quantitative estimate of drug-likeness (QED) is 0.646. The van der Waals surface area contributed by atoms with Crippen LogP contribution in [0.15, 0.2) is 54.1 Å². The van der Waals surface area contributed by atoms with Crippen LogP contribution in [0.4, 0.5) is 0 Å². The fourth-order valence-corrected chi connectivity index (χ4v) is 1.78. The van der Waals surface area contributed by atoms with Crippen LogP contribution in [-0.4, -0.2) is 33.7 Å². The fraction of sp³-hybridized carbons (Fsp3) is 0.176. The number of benzene rings is 1. The van der Waals surface area contributed by atoms with Gasteiger partial charge in [-0.1, -0.05) is 48.6 Å². The van der Waals surface area contributed by atoms with Crippen LogP contribution in [0.25, 0.3) is 0 Å². The van der Waals surface area contributed by atoms with Gasteiger partial charge >= 0.3 is 11.9 Å². The predicted octanol–water partition coefficient (Wildman–Crippen LogP) is 1.66. The van der Waals surface area contributed by atoms with Crippen molar-refractivity contribution < 1.29 is 29.4 Å². The fourth-order valence-electron chi connectivity index (χ4n) is 1.78. The first-order valence-electron chi connectivity index (χ1n) is 6.75. The van der Waals surface area contributed by atoms with Gasteiger partial charge in [-0.25, -0.2) is 4.79 Å². The number of carbonyl (C=O) groups excluding carboxylic acids is 2. The van der Waals surface area contributed by atoms with E-state index in [1.165, 1.54) is 6.08 Å². The van der Waals surface area contributed by atoms with Gasteiger partial charge in [-0.2, -0.15) is 0 Å². The molecule has 1 aromatic carbocycles. The smallest absolute Gasteiger partial charge is 0.372 e. The number of hydrogen-bond donors (Lipinski definition) is 2. The number of allylic oxidation sites excluding steroid dienone is 3. The molecule has 0 bridgehead atoms. The molecule has 2 rings (SSSR count). The molecule has 23 heavy (non-hydrogen) atoms. The molecule has 0 aliphatic heterocycles. The standard InChI is InChI=1S/C9H8O3.C8H8O3/c10-8(9(11)12)6-7-4-2-1-3-5-7;1-5-3-2-4-6(7(5)9)8(10)11/h1-5H,6H2,(H,11,12);2-4,6H,1H3,(H,10,11). The second-order valence-corrected chi connectivity index (χ2v) is 4.81. The maximum atomic E-state index is 11.1. The van der Waals surface area contributed by atoms with E-state index < -0.39 is 23.6 Å². The van der Waals surface area contributed by atoms with Crippen LogP contribution in [0.5, 0.6) is 0 Å². The molecule has 0 saturated heterocycles. The minimum absolute atomic E-state index is 0.0316. The Morgan fingerprint density at radius 3 is 2.17 bits per heavy atom. The first-order valence-corrected chi connectivity index (χ1v) is 6.75. The Hall–Kier alpha value is -3.02. The van der Waals surface area contributed by atoms with E-state index >= 15 is 0 Å². The number of carbonyl (C=O) groups is 4. The van der Waals surface area contributed by atoms with Crippen molar-refractivity contribution in [1.29, 1.82) is 0 Å². The Morgan fingerprint density at radius 1 is 1.09 bits per heavy atom. The molecule has 1 aromatic rings. The van der Waals surface area contributed by atoms with E-state index in [-0.39, 0.29) is 12.2 Å². The minimum atomic E-state index is -1.38. The molecule has 0 heterocycles. The molecule has 0 radical (unpaired) electrons. The van der Waals surface area contributed by atoms with E-state index in [1.54, 1.807) is 43.3 Å². The summed E-state index contributed by atoms with van der Waals surface area (Å²) in [5, 5.41) is 16.8. The van der Waals surface area contributed by atoms with Crippen LogP contribution in [0.3, 0.4) is 0 Å². The van der Waals surface area contributed by atoms with E-state index in [2.05, 4.69) is 0 Å². The van der Waals surface area contributed by atoms with Gasteiger partial charge in [-0.05, 0) is 18.1 Å². The van der Waals surface area contributed by atoms with Crippen LogP contribution in [0.2, 0.25) is 0 Å². The summed E-state index contributed by atoms with van der Waals surface area (Å²) in [4.78, 5) is 42.3. The molecule has 0 saturated carbocycles. The third-order valence-corrected chi connectivity index (χ3v) is 3.03. The van der Waals surface area contributed by atoms with Crippen molar-refractivity contribution in [3.05, 3.63) is 59.7 Å². The summed E-state index contributed by atoms with van der Waals surface area (Å²) in [5.74, 6) is -4.53. The molecule has 1 unspecified atom stereocenters. The molecule has 0 fully saturated rings. The zero-order valence-corrected chi connectivity index (χ0v) is 12.4. The summed E-state index contributed by atoms with van der Waals surface area (Å²) in [6.07, 6.45) is 4.56. The average molecular weight is 316 g/mol. The molecule has 0 spiro atoms. The van der Waals surface area contributed by atoms with Gasteiger partial charge in [0, 0.05) is 6.42 Å². The lowest BCUT2D eigenvalue weighted by molar-refractivity contribution is -0.148. The van der Waals surface area contributed by atoms with Gasteiger partial charge in [-0.15, -0.1) is 0 Å². The van der Waals surface area contributed by atoms with E-state index in [0.717, 1.165) is 5.56 Å². The molecule has 120 valence electrons. The molecule has 2 N–H and O–H groups in total. The van der Waals surface area contributed by atoms with Crippen molar-refractivity contribution in [2.75, 3.05) is 0 Å². The lowest BCUT2D eigenvalue weighted by Crippen LogP contribution is -2.23. The second-order valence-electron chi connectivity index (χ2n) is 4.81. The van der Waals surface area contributed by atoms with E-state index in [4.69, 9.17) is 10.2 Å². The number of aliphatic carboxylic acids is 2. The third-order valence-electron chi connectivity index (χ3n) is 3.03. The Morgan fingerprint density at radius 2 is 1.70 bits per heavy atom. The van der Waals surface area contributed by atoms with E-state index in [0.29, 0.717) is 5.57 Å². The van der Waals surface area contributed by atoms with Crippen LogP contribution in [0.1, 0.15) is 12.5 Å². The first kappa shape index (κ1) is 18.0. The van der Waals surface area contributed by atoms with Gasteiger partial charge in [0.15, 0.2) is 5.78 Å². The minimum Gasteiger partial charge on any atom is -0.480 e. The van der Waals surface area contributed by atoms with Crippen molar-refractivity contribution in [3.8, 4) is 0 Å². The molecule has 0 amide bonds. The molecule has 1 aliphatic carbocycles. The summed E-state index contributed by atoms with van der Waals surface area (Å²) < 4.78 is 0. The highest BCUT2D eigenvalue weighted by Gasteiger charge is 2.25. The molecule has 1 aliphatic rings. The van der Waals surface area contributed by atoms with Crippen LogP contribution in [-0.2, 0) is 25.6 Å². The second kappa shape index (κ2) is 8.43. The van der Waals surface area contributed by atoms with E-state index in [9.17, 15) is 19.2 Å². The van der Waals surface area contributed by atoms with Crippen LogP contribution >= 0.6 is 0 Å². The van der Waals surface area contributed by atoms with E-state index in [1.807, 2.05) is 6.07 Å². The molecular weight excluding hydrogens is 300 g/mol. The summed E-state index contributed by atoms with van der Waals surface area (Å²) in [6.45, 7) is 1.61. The molecule has 6 heteroatoms. The first-order chi connectivity index (χ1) is 10.8. The Labute approximate surface area is 132 Å². The summed E-state index contributed by atoms with van der Waals surface area (Å²) >= 11 is 0. The lowest BCUT2D eigenvalue weighted by atomic mass is 9.94. The van der Waals surface area contributed by atoms with Crippen LogP contribution in [0, 0.1) is 5.92 Å². The lowest BCUT2D eigenvalue weighted by Gasteiger charge is -2.09. The molecule has 1 atom stereocenters. The van der Waals surface area contributed by atoms with Gasteiger partial charge in [0.25, 0.3) is 0 Å². The van der Waals surface area contributed by atoms with Gasteiger partial charge in [0.05, 0.1) is 0 Å². The van der Waals surface area contributed by atoms with Crippen molar-refractivity contribution in [1.82, 2.24) is 0 Å². The van der Waals surface area contributed by atoms with Gasteiger partial charge < -0.3 is 10.2 Å². The highest BCUT2D eigenvalue weighted by molar-refractivity contribution is 6.33. The maximum absolute atomic E-state index is 11.1. The number of Topliss-reactive ketones (excluding diaryl/α,β-unsaturated/α-hetero) is 2. The highest BCUT2D eigenvalue weighted by atomic mass is 16.4. The predicted molar refractivity (Wildman–Crippen MR) is 81.8 cm³/mol. The summed E-state index contributed by atoms with van der Waals surface area (Å²) in [7, 11) is 0. The van der Waals surface area contributed by atoms with Gasteiger partial charge in [-0.3, -0.25) is 14.4 Å². The normalized spacial score (nSPS) is 16.0. The number of ketones is 2. The van der Waals surface area contributed by atoms with Crippen molar-refractivity contribution >= 4 is 23.5 Å². The largest absolute Gasteiger partial charge is 0.480 e. The monoisotopic (exact) mass is 316 g/mol. The zero-order valence-electron chi connectivity index (χ0n) is 12.4. The molecular formula is C17H16O6. The van der Waals surface area contributed by atoms with Crippen molar-refractivity contribution in [2.45, 2.75) is 13.3 Å². The number of carboxylic acids is 2. The SMILES string of the molecule is CC1=CC=CC(C(=O)O)C1=O.O=C(O)C(=O)Cc1ccccc1. The summed E-state index contributed by atoms with van der Waals surface area (Å²) in [6, 6.07) is 8.80. The Balaban J connectivity index is 0.000000231. The third kappa shape index (κ3) is 5.70. The Kier molecular flexibility index (Phi) is 6.61. The average Bonchev–Trinajstić information content (AvgIpc) is 2.51. The number of carboxylic acid groups (broad SMARTS) is 2. The topological polar surface area (TPSA) is 109 Å². The van der Waals surface area contributed by atoms with Gasteiger partial charge in [0.1, 0.15) is 5.92 Å². The zero-order chi connectivity index (χ0) is 17.4.